The molecule has 0 heterocycles. The standard InChI is InChI=1S/C14H18N2O3S/c1-9(14(18)19-2)16-13(17)11(12(15)20)8-10-6-4-3-5-7-10/h3-7,9,11H,8H2,1-2H3,(H2,15,20)(H,16,17). The molecule has 2 unspecified atom stereocenters. The fourth-order valence-electron chi connectivity index (χ4n) is 1.72. The molecule has 0 bridgehead atoms. The molecule has 0 aliphatic carbocycles. The zero-order valence-electron chi connectivity index (χ0n) is 11.5. The fraction of sp³-hybridized carbons (Fsp3) is 0.357. The monoisotopic (exact) mass is 294 g/mol. The van der Waals surface area contributed by atoms with Crippen molar-refractivity contribution in [3.63, 3.8) is 0 Å². The molecule has 6 heteroatoms. The number of hydrogen-bond donors (Lipinski definition) is 2. The minimum Gasteiger partial charge on any atom is -0.467 e. The third kappa shape index (κ3) is 4.62. The maximum Gasteiger partial charge on any atom is 0.328 e. The summed E-state index contributed by atoms with van der Waals surface area (Å²) < 4.78 is 4.55. The molecule has 108 valence electrons. The highest BCUT2D eigenvalue weighted by Crippen LogP contribution is 2.10. The number of ether oxygens (including phenoxy) is 1. The second-order valence-electron chi connectivity index (χ2n) is 4.40. The van der Waals surface area contributed by atoms with Crippen molar-refractivity contribution in [3.05, 3.63) is 35.9 Å². The Morgan fingerprint density at radius 2 is 1.95 bits per heavy atom. The third-order valence-electron chi connectivity index (χ3n) is 2.86. The number of amides is 1. The largest absolute Gasteiger partial charge is 0.467 e. The van der Waals surface area contributed by atoms with Crippen LogP contribution in [0.1, 0.15) is 12.5 Å². The van der Waals surface area contributed by atoms with Crippen molar-refractivity contribution < 1.29 is 14.3 Å². The summed E-state index contributed by atoms with van der Waals surface area (Å²) in [5.74, 6) is -1.54. The number of nitrogens with one attached hydrogen (secondary N) is 1. The van der Waals surface area contributed by atoms with Crippen molar-refractivity contribution in [2.24, 2.45) is 11.7 Å². The maximum atomic E-state index is 12.1. The van der Waals surface area contributed by atoms with Crippen molar-refractivity contribution in [2.75, 3.05) is 7.11 Å². The highest BCUT2D eigenvalue weighted by Gasteiger charge is 2.25. The average Bonchev–Trinajstić information content (AvgIpc) is 2.44. The van der Waals surface area contributed by atoms with Crippen LogP contribution in [0, 0.1) is 5.92 Å². The zero-order chi connectivity index (χ0) is 15.1. The van der Waals surface area contributed by atoms with Gasteiger partial charge < -0.3 is 15.8 Å². The lowest BCUT2D eigenvalue weighted by atomic mass is 9.98. The van der Waals surface area contributed by atoms with Gasteiger partial charge in [0.25, 0.3) is 0 Å². The Bertz CT molecular complexity index is 490. The molecule has 0 aliphatic rings. The number of esters is 1. The zero-order valence-corrected chi connectivity index (χ0v) is 12.3. The van der Waals surface area contributed by atoms with E-state index in [1.165, 1.54) is 7.11 Å². The van der Waals surface area contributed by atoms with Crippen LogP contribution in [-0.4, -0.2) is 30.0 Å². The van der Waals surface area contributed by atoms with Gasteiger partial charge in [-0.05, 0) is 18.9 Å². The summed E-state index contributed by atoms with van der Waals surface area (Å²) >= 11 is 4.94. The van der Waals surface area contributed by atoms with Gasteiger partial charge in [-0.25, -0.2) is 4.79 Å². The summed E-state index contributed by atoms with van der Waals surface area (Å²) in [6, 6.07) is 8.69. The summed E-state index contributed by atoms with van der Waals surface area (Å²) in [6.45, 7) is 1.54. The van der Waals surface area contributed by atoms with Crippen LogP contribution in [-0.2, 0) is 20.7 Å². The van der Waals surface area contributed by atoms with Crippen molar-refractivity contribution in [3.8, 4) is 0 Å². The molecule has 2 atom stereocenters. The van der Waals surface area contributed by atoms with Crippen LogP contribution in [0.4, 0.5) is 0 Å². The Kier molecular flexibility index (Phi) is 6.11. The summed E-state index contributed by atoms with van der Waals surface area (Å²) in [5, 5.41) is 2.55. The van der Waals surface area contributed by atoms with E-state index in [0.29, 0.717) is 6.42 Å². The van der Waals surface area contributed by atoms with Crippen LogP contribution in [0.5, 0.6) is 0 Å². The first kappa shape index (κ1) is 16.1. The van der Waals surface area contributed by atoms with E-state index in [1.807, 2.05) is 30.3 Å². The molecular formula is C14H18N2O3S. The second-order valence-corrected chi connectivity index (χ2v) is 4.87. The van der Waals surface area contributed by atoms with Crippen LogP contribution in [0.15, 0.2) is 30.3 Å². The van der Waals surface area contributed by atoms with Crippen molar-refractivity contribution in [1.29, 1.82) is 0 Å². The molecule has 1 aromatic carbocycles. The predicted molar refractivity (Wildman–Crippen MR) is 80.0 cm³/mol. The molecule has 20 heavy (non-hydrogen) atoms. The molecule has 1 rings (SSSR count). The number of thiocarbonyl (C=S) groups is 1. The molecule has 1 aromatic rings. The molecular weight excluding hydrogens is 276 g/mol. The Morgan fingerprint density at radius 1 is 1.35 bits per heavy atom. The number of hydrogen-bond acceptors (Lipinski definition) is 4. The minimum atomic E-state index is -0.736. The Hall–Kier alpha value is -1.95. The molecule has 0 aromatic heterocycles. The van der Waals surface area contributed by atoms with Gasteiger partial charge in [-0.1, -0.05) is 42.5 Å². The van der Waals surface area contributed by atoms with E-state index < -0.39 is 17.9 Å². The fourth-order valence-corrected chi connectivity index (χ4v) is 1.91. The molecule has 0 saturated carbocycles. The second kappa shape index (κ2) is 7.59. The number of carbonyl (C=O) groups is 2. The molecule has 5 nitrogen and oxygen atoms in total. The van der Waals surface area contributed by atoms with E-state index in [2.05, 4.69) is 10.1 Å². The maximum absolute atomic E-state index is 12.1. The highest BCUT2D eigenvalue weighted by molar-refractivity contribution is 7.80. The summed E-state index contributed by atoms with van der Waals surface area (Å²) in [4.78, 5) is 23.5. The van der Waals surface area contributed by atoms with Gasteiger partial charge in [0, 0.05) is 0 Å². The topological polar surface area (TPSA) is 81.4 Å². The normalized spacial score (nSPS) is 13.1. The van der Waals surface area contributed by atoms with Gasteiger partial charge in [-0.2, -0.15) is 0 Å². The van der Waals surface area contributed by atoms with E-state index in [-0.39, 0.29) is 10.9 Å². The molecule has 0 fully saturated rings. The van der Waals surface area contributed by atoms with Crippen LogP contribution in [0.3, 0.4) is 0 Å². The lowest BCUT2D eigenvalue weighted by Gasteiger charge is -2.18. The third-order valence-corrected chi connectivity index (χ3v) is 3.14. The molecule has 0 aliphatic heterocycles. The first-order valence-electron chi connectivity index (χ1n) is 6.17. The van der Waals surface area contributed by atoms with Gasteiger partial charge in [-0.15, -0.1) is 0 Å². The lowest BCUT2D eigenvalue weighted by Crippen LogP contribution is -2.46. The van der Waals surface area contributed by atoms with Gasteiger partial charge >= 0.3 is 5.97 Å². The van der Waals surface area contributed by atoms with Gasteiger partial charge in [0.2, 0.25) is 5.91 Å². The number of benzene rings is 1. The predicted octanol–water partition coefficient (Wildman–Crippen LogP) is 0.809. The van der Waals surface area contributed by atoms with Crippen molar-refractivity contribution in [2.45, 2.75) is 19.4 Å². The van der Waals surface area contributed by atoms with Gasteiger partial charge in [0.15, 0.2) is 0 Å². The van der Waals surface area contributed by atoms with E-state index >= 15 is 0 Å². The van der Waals surface area contributed by atoms with Crippen molar-refractivity contribution in [1.82, 2.24) is 5.32 Å². The van der Waals surface area contributed by atoms with E-state index in [4.69, 9.17) is 18.0 Å². The SMILES string of the molecule is COC(=O)C(C)NC(=O)C(Cc1ccccc1)C(N)=S. The van der Waals surface area contributed by atoms with E-state index in [0.717, 1.165) is 5.56 Å². The van der Waals surface area contributed by atoms with Crippen LogP contribution < -0.4 is 11.1 Å². The Labute approximate surface area is 123 Å². The summed E-state index contributed by atoms with van der Waals surface area (Å²) in [6.07, 6.45) is 0.399. The first-order valence-corrected chi connectivity index (χ1v) is 6.58. The van der Waals surface area contributed by atoms with E-state index in [9.17, 15) is 9.59 Å². The number of rotatable bonds is 6. The Morgan fingerprint density at radius 3 is 2.45 bits per heavy atom. The van der Waals surface area contributed by atoms with Gasteiger partial charge in [0.05, 0.1) is 18.0 Å². The van der Waals surface area contributed by atoms with Crippen LogP contribution in [0.25, 0.3) is 0 Å². The number of carbonyl (C=O) groups excluding carboxylic acids is 2. The van der Waals surface area contributed by atoms with Crippen LogP contribution >= 0.6 is 12.2 Å². The molecule has 1 amide bonds. The summed E-state index contributed by atoms with van der Waals surface area (Å²) in [5.41, 5.74) is 6.57. The smallest absolute Gasteiger partial charge is 0.328 e. The average molecular weight is 294 g/mol. The number of methoxy groups -OCH3 is 1. The molecule has 0 radical (unpaired) electrons. The van der Waals surface area contributed by atoms with Crippen LogP contribution in [0.2, 0.25) is 0 Å². The quantitative estimate of drug-likeness (QED) is 0.599. The first-order chi connectivity index (χ1) is 9.45. The Balaban J connectivity index is 2.74. The minimum absolute atomic E-state index is 0.100. The molecule has 3 N–H and O–H groups in total. The molecule has 0 spiro atoms. The number of nitrogens with two attached hydrogens (primary N) is 1. The van der Waals surface area contributed by atoms with Gasteiger partial charge in [0.1, 0.15) is 6.04 Å². The van der Waals surface area contributed by atoms with E-state index in [1.54, 1.807) is 6.92 Å². The summed E-state index contributed by atoms with van der Waals surface area (Å²) in [7, 11) is 1.26. The van der Waals surface area contributed by atoms with Crippen molar-refractivity contribution >= 4 is 29.1 Å². The highest BCUT2D eigenvalue weighted by atomic mass is 32.1. The molecule has 0 saturated heterocycles. The van der Waals surface area contributed by atoms with Gasteiger partial charge in [-0.3, -0.25) is 4.79 Å². The lowest BCUT2D eigenvalue weighted by molar-refractivity contribution is -0.144.